The highest BCUT2D eigenvalue weighted by Crippen LogP contribution is 2.51. The second-order valence-electron chi connectivity index (χ2n) is 18.9. The summed E-state index contributed by atoms with van der Waals surface area (Å²) in [6.45, 7) is 14.2. The van der Waals surface area contributed by atoms with E-state index in [9.17, 15) is 0 Å². The molecule has 0 atom stereocenters. The first kappa shape index (κ1) is 31.8. The summed E-state index contributed by atoms with van der Waals surface area (Å²) in [7, 11) is 0. The standard InChI is InChI=1S/C54H41BN2/c1-53(2,3)33-20-24-43-39(27-33)40-28-34(54(4,5)6)29-42-51(40)56(43)45-25-32(30-13-8-7-9-14-30)26-46-50(45)55(42)41-22-21-38-36-17-11-10-16-35(36)37-18-12-15-31-19-23-44-49(47(31)37)48(38)52(41)57(44)46/h7-29H,1-6H3. The third kappa shape index (κ3) is 3.92. The molecule has 0 bridgehead atoms. The van der Waals surface area contributed by atoms with Crippen LogP contribution in [-0.4, -0.2) is 15.8 Å². The average molecular weight is 729 g/mol. The molecule has 10 aromatic rings. The minimum Gasteiger partial charge on any atom is -0.310 e. The third-order valence-electron chi connectivity index (χ3n) is 13.7. The Morgan fingerprint density at radius 2 is 1.07 bits per heavy atom. The maximum Gasteiger partial charge on any atom is 0.252 e. The Balaban J connectivity index is 1.28. The second-order valence-corrected chi connectivity index (χ2v) is 18.9. The van der Waals surface area contributed by atoms with Crippen LogP contribution in [-0.2, 0) is 10.8 Å². The van der Waals surface area contributed by atoms with Gasteiger partial charge >= 0.3 is 0 Å². The molecule has 0 spiro atoms. The first-order valence-electron chi connectivity index (χ1n) is 20.6. The van der Waals surface area contributed by atoms with E-state index < -0.39 is 0 Å². The van der Waals surface area contributed by atoms with Crippen LogP contribution in [0.25, 0.3) is 99.1 Å². The van der Waals surface area contributed by atoms with Crippen molar-refractivity contribution in [3.8, 4) is 44.8 Å². The van der Waals surface area contributed by atoms with Crippen molar-refractivity contribution in [3.63, 3.8) is 0 Å². The fourth-order valence-electron chi connectivity index (χ4n) is 11.0. The Labute approximate surface area is 333 Å². The van der Waals surface area contributed by atoms with Crippen LogP contribution >= 0.6 is 0 Å². The van der Waals surface area contributed by atoms with E-state index in [-0.39, 0.29) is 17.5 Å². The summed E-state index contributed by atoms with van der Waals surface area (Å²) in [6, 6.07) is 54.0. The first-order valence-corrected chi connectivity index (χ1v) is 20.6. The minimum atomic E-state index is -0.0262. The van der Waals surface area contributed by atoms with E-state index in [1.54, 1.807) is 0 Å². The van der Waals surface area contributed by atoms with Crippen LogP contribution in [0.2, 0.25) is 0 Å². The van der Waals surface area contributed by atoms with Crippen molar-refractivity contribution >= 4 is 77.5 Å². The predicted octanol–water partition coefficient (Wildman–Crippen LogP) is 12.1. The van der Waals surface area contributed by atoms with Gasteiger partial charge in [0.1, 0.15) is 0 Å². The van der Waals surface area contributed by atoms with Gasteiger partial charge in [-0.15, -0.1) is 0 Å². The molecular weight excluding hydrogens is 687 g/mol. The summed E-state index contributed by atoms with van der Waals surface area (Å²) in [6.07, 6.45) is 0. The van der Waals surface area contributed by atoms with Crippen LogP contribution < -0.4 is 16.4 Å². The predicted molar refractivity (Wildman–Crippen MR) is 245 cm³/mol. The van der Waals surface area contributed by atoms with Gasteiger partial charge in [0.25, 0.3) is 6.71 Å². The molecule has 2 nitrogen and oxygen atoms in total. The fourth-order valence-corrected chi connectivity index (χ4v) is 11.0. The number of hydrogen-bond donors (Lipinski definition) is 0. The van der Waals surface area contributed by atoms with Gasteiger partial charge in [0, 0.05) is 38.4 Å². The molecule has 3 aliphatic rings. The van der Waals surface area contributed by atoms with Crippen molar-refractivity contribution in [2.24, 2.45) is 0 Å². The van der Waals surface area contributed by atoms with E-state index in [0.717, 1.165) is 0 Å². The number of fused-ring (bicyclic) bond motifs is 11. The molecule has 0 unspecified atom stereocenters. The van der Waals surface area contributed by atoms with Crippen LogP contribution in [0.5, 0.6) is 0 Å². The van der Waals surface area contributed by atoms with E-state index in [4.69, 9.17) is 0 Å². The summed E-state index contributed by atoms with van der Waals surface area (Å²) in [4.78, 5) is 0. The van der Waals surface area contributed by atoms with Gasteiger partial charge in [0.15, 0.2) is 0 Å². The molecule has 3 heteroatoms. The zero-order valence-corrected chi connectivity index (χ0v) is 33.3. The molecular formula is C54H41BN2. The Morgan fingerprint density at radius 1 is 0.421 bits per heavy atom. The van der Waals surface area contributed by atoms with Gasteiger partial charge in [-0.1, -0.05) is 145 Å². The molecule has 0 amide bonds. The zero-order chi connectivity index (χ0) is 38.3. The molecule has 13 rings (SSSR count). The molecule has 4 heterocycles. The Bertz CT molecular complexity index is 3470. The van der Waals surface area contributed by atoms with Crippen molar-refractivity contribution in [2.45, 2.75) is 52.4 Å². The largest absolute Gasteiger partial charge is 0.310 e. The lowest BCUT2D eigenvalue weighted by atomic mass is 9.34. The Morgan fingerprint density at radius 3 is 1.81 bits per heavy atom. The number of hydrogen-bond acceptors (Lipinski definition) is 0. The first-order chi connectivity index (χ1) is 27.6. The molecule has 270 valence electrons. The highest BCUT2D eigenvalue weighted by Gasteiger charge is 2.43. The van der Waals surface area contributed by atoms with E-state index in [2.05, 4.69) is 190 Å². The highest BCUT2D eigenvalue weighted by atomic mass is 15.0. The average Bonchev–Trinajstić information content (AvgIpc) is 3.70. The molecule has 0 fully saturated rings. The van der Waals surface area contributed by atoms with Gasteiger partial charge in [0.05, 0.1) is 16.6 Å². The summed E-state index contributed by atoms with van der Waals surface area (Å²) >= 11 is 0. The van der Waals surface area contributed by atoms with E-state index in [1.165, 1.54) is 127 Å². The van der Waals surface area contributed by atoms with Crippen LogP contribution in [0.1, 0.15) is 52.7 Å². The van der Waals surface area contributed by atoms with Crippen molar-refractivity contribution in [3.05, 3.63) is 151 Å². The van der Waals surface area contributed by atoms with Gasteiger partial charge in [-0.25, -0.2) is 0 Å². The van der Waals surface area contributed by atoms with Crippen molar-refractivity contribution in [1.82, 2.24) is 9.13 Å². The van der Waals surface area contributed by atoms with E-state index in [1.807, 2.05) is 0 Å². The maximum atomic E-state index is 2.66. The van der Waals surface area contributed by atoms with Gasteiger partial charge in [-0.3, -0.25) is 0 Å². The molecule has 57 heavy (non-hydrogen) atoms. The lowest BCUT2D eigenvalue weighted by molar-refractivity contribution is 0.590. The molecule has 1 aliphatic carbocycles. The van der Waals surface area contributed by atoms with Crippen molar-refractivity contribution < 1.29 is 0 Å². The number of benzene rings is 8. The van der Waals surface area contributed by atoms with Crippen LogP contribution in [0.4, 0.5) is 0 Å². The number of rotatable bonds is 1. The highest BCUT2D eigenvalue weighted by molar-refractivity contribution is 7.00. The SMILES string of the molecule is CC(C)(C)c1ccc2c(c1)c1cc(C(C)(C)C)cc3c1n2-c1cc(-c2ccccc2)cc2c1B3c1ccc3c4c5c6c(cccc6ccc5n-2c14)-c1ccccc1-3. The number of nitrogens with zero attached hydrogens (tertiary/aromatic N) is 2. The maximum absolute atomic E-state index is 2.66. The molecule has 2 aliphatic heterocycles. The molecule has 8 aromatic carbocycles. The quantitative estimate of drug-likeness (QED) is 0.149. The summed E-state index contributed by atoms with van der Waals surface area (Å²) in [5.74, 6) is 0. The molecule has 2 aromatic heterocycles. The second kappa shape index (κ2) is 10.3. The Kier molecular flexibility index (Phi) is 5.78. The van der Waals surface area contributed by atoms with Crippen molar-refractivity contribution in [2.75, 3.05) is 0 Å². The Hall–Kier alpha value is -6.32. The summed E-state index contributed by atoms with van der Waals surface area (Å²) in [5, 5.41) is 8.11. The van der Waals surface area contributed by atoms with E-state index in [0.29, 0.717) is 0 Å². The van der Waals surface area contributed by atoms with E-state index >= 15 is 0 Å². The lowest BCUT2D eigenvalue weighted by Gasteiger charge is -2.35. The summed E-state index contributed by atoms with van der Waals surface area (Å²) in [5.41, 5.74) is 22.6. The molecule has 0 radical (unpaired) electrons. The molecule has 0 N–H and O–H groups in total. The van der Waals surface area contributed by atoms with Gasteiger partial charge in [0.2, 0.25) is 0 Å². The van der Waals surface area contributed by atoms with Crippen LogP contribution in [0.15, 0.2) is 140 Å². The number of aromatic nitrogens is 2. The summed E-state index contributed by atoms with van der Waals surface area (Å²) < 4.78 is 5.30. The third-order valence-corrected chi connectivity index (χ3v) is 13.7. The van der Waals surface area contributed by atoms with Gasteiger partial charge in [-0.05, 0) is 119 Å². The molecule has 0 saturated carbocycles. The minimum absolute atomic E-state index is 0.0262. The topological polar surface area (TPSA) is 9.86 Å². The van der Waals surface area contributed by atoms with Gasteiger partial charge < -0.3 is 9.13 Å². The van der Waals surface area contributed by atoms with Gasteiger partial charge in [-0.2, -0.15) is 0 Å². The van der Waals surface area contributed by atoms with Crippen LogP contribution in [0.3, 0.4) is 0 Å². The molecule has 0 saturated heterocycles. The van der Waals surface area contributed by atoms with Crippen LogP contribution in [0, 0.1) is 0 Å². The smallest absolute Gasteiger partial charge is 0.252 e. The lowest BCUT2D eigenvalue weighted by Crippen LogP contribution is -2.59. The normalized spacial score (nSPS) is 13.8. The zero-order valence-electron chi connectivity index (χ0n) is 33.3. The van der Waals surface area contributed by atoms with Crippen molar-refractivity contribution in [1.29, 1.82) is 0 Å². The fraction of sp³-hybridized carbons (Fsp3) is 0.148. The monoisotopic (exact) mass is 728 g/mol.